The van der Waals surface area contributed by atoms with E-state index in [1.54, 1.807) is 0 Å². The number of carbonyl (C=O) groups is 2. The summed E-state index contributed by atoms with van der Waals surface area (Å²) in [5.74, 6) is 0.916. The maximum Gasteiger partial charge on any atom is 0.234 e. The quantitative estimate of drug-likeness (QED) is 0.598. The number of nitrogens with zero attached hydrogens (tertiary/aromatic N) is 2. The van der Waals surface area contributed by atoms with E-state index in [9.17, 15) is 9.59 Å². The van der Waals surface area contributed by atoms with Crippen molar-refractivity contribution in [3.8, 4) is 0 Å². The van der Waals surface area contributed by atoms with Crippen molar-refractivity contribution in [1.82, 2.24) is 20.4 Å². The first-order chi connectivity index (χ1) is 11.2. The lowest BCUT2D eigenvalue weighted by Crippen LogP contribution is -2.44. The van der Waals surface area contributed by atoms with Crippen LogP contribution in [-0.2, 0) is 14.3 Å². The molecule has 1 atom stereocenters. The molecule has 0 aromatic heterocycles. The highest BCUT2D eigenvalue weighted by Gasteiger charge is 2.30. The van der Waals surface area contributed by atoms with Gasteiger partial charge in [-0.3, -0.25) is 14.5 Å². The van der Waals surface area contributed by atoms with Gasteiger partial charge in [0.1, 0.15) is 0 Å². The van der Waals surface area contributed by atoms with E-state index in [1.807, 2.05) is 4.90 Å². The molecule has 2 aliphatic heterocycles. The fourth-order valence-electron chi connectivity index (χ4n) is 3.16. The minimum absolute atomic E-state index is 0. The summed E-state index contributed by atoms with van der Waals surface area (Å²) in [6.07, 6.45) is 2.99. The molecule has 1 saturated carbocycles. The molecule has 1 aliphatic carbocycles. The Morgan fingerprint density at radius 3 is 2.56 bits per heavy atom. The Hall–Kier alpha value is -0.600. The molecular formula is C16H30Cl2N4O3. The summed E-state index contributed by atoms with van der Waals surface area (Å²) in [5.41, 5.74) is 0. The van der Waals surface area contributed by atoms with Crippen LogP contribution in [0, 0.1) is 5.92 Å². The van der Waals surface area contributed by atoms with Crippen molar-refractivity contribution in [2.75, 3.05) is 59.0 Å². The number of ether oxygens (including phenoxy) is 1. The van der Waals surface area contributed by atoms with Crippen molar-refractivity contribution in [1.29, 1.82) is 0 Å². The van der Waals surface area contributed by atoms with E-state index in [-0.39, 0.29) is 42.7 Å². The second-order valence-corrected chi connectivity index (χ2v) is 6.84. The van der Waals surface area contributed by atoms with Crippen LogP contribution in [0.15, 0.2) is 0 Å². The number of hydrogen-bond acceptors (Lipinski definition) is 5. The van der Waals surface area contributed by atoms with Crippen LogP contribution in [0.3, 0.4) is 0 Å². The zero-order chi connectivity index (χ0) is 16.1. The van der Waals surface area contributed by atoms with Crippen LogP contribution in [0.1, 0.15) is 19.3 Å². The second kappa shape index (κ2) is 11.2. The molecule has 9 heteroatoms. The summed E-state index contributed by atoms with van der Waals surface area (Å²) in [4.78, 5) is 28.2. The molecule has 2 heterocycles. The fourth-order valence-corrected chi connectivity index (χ4v) is 3.16. The number of likely N-dealkylation sites (tertiary alicyclic amines) is 1. The van der Waals surface area contributed by atoms with Crippen molar-refractivity contribution in [3.63, 3.8) is 0 Å². The molecule has 2 N–H and O–H groups in total. The van der Waals surface area contributed by atoms with Crippen molar-refractivity contribution in [2.24, 2.45) is 5.92 Å². The van der Waals surface area contributed by atoms with Gasteiger partial charge in [-0.25, -0.2) is 0 Å². The lowest BCUT2D eigenvalue weighted by atomic mass is 10.2. The summed E-state index contributed by atoms with van der Waals surface area (Å²) < 4.78 is 5.33. The lowest BCUT2D eigenvalue weighted by Gasteiger charge is -2.28. The van der Waals surface area contributed by atoms with Gasteiger partial charge >= 0.3 is 0 Å². The van der Waals surface area contributed by atoms with Gasteiger partial charge in [0, 0.05) is 39.1 Å². The second-order valence-electron chi connectivity index (χ2n) is 6.84. The van der Waals surface area contributed by atoms with Gasteiger partial charge in [-0.05, 0) is 25.3 Å². The van der Waals surface area contributed by atoms with Gasteiger partial charge in [0.15, 0.2) is 0 Å². The van der Waals surface area contributed by atoms with Crippen LogP contribution >= 0.6 is 24.8 Å². The molecule has 1 unspecified atom stereocenters. The van der Waals surface area contributed by atoms with Crippen LogP contribution < -0.4 is 10.6 Å². The van der Waals surface area contributed by atoms with Crippen LogP contribution in [0.25, 0.3) is 0 Å². The van der Waals surface area contributed by atoms with Gasteiger partial charge in [0.05, 0.1) is 25.8 Å². The normalized spacial score (nSPS) is 23.8. The average Bonchev–Trinajstić information content (AvgIpc) is 3.30. The van der Waals surface area contributed by atoms with Gasteiger partial charge < -0.3 is 20.3 Å². The molecule has 7 nitrogen and oxygen atoms in total. The predicted molar refractivity (Wildman–Crippen MR) is 100 cm³/mol. The highest BCUT2D eigenvalue weighted by molar-refractivity contribution is 5.85. The van der Waals surface area contributed by atoms with E-state index in [4.69, 9.17) is 4.74 Å². The molecule has 3 rings (SSSR count). The first-order valence-corrected chi connectivity index (χ1v) is 8.78. The first kappa shape index (κ1) is 22.4. The zero-order valence-electron chi connectivity index (χ0n) is 14.6. The molecule has 2 saturated heterocycles. The number of morpholine rings is 1. The number of carbonyl (C=O) groups excluding carboxylic acids is 2. The smallest absolute Gasteiger partial charge is 0.234 e. The zero-order valence-corrected chi connectivity index (χ0v) is 16.2. The largest absolute Gasteiger partial charge is 0.379 e. The monoisotopic (exact) mass is 396 g/mol. The number of amides is 2. The lowest BCUT2D eigenvalue weighted by molar-refractivity contribution is -0.128. The molecule has 0 aromatic rings. The van der Waals surface area contributed by atoms with Gasteiger partial charge in [0.2, 0.25) is 11.8 Å². The number of hydrogen-bond donors (Lipinski definition) is 2. The van der Waals surface area contributed by atoms with Crippen molar-refractivity contribution in [2.45, 2.75) is 25.3 Å². The number of nitrogens with one attached hydrogen (secondary N) is 2. The van der Waals surface area contributed by atoms with Crippen LogP contribution in [0.2, 0.25) is 0 Å². The summed E-state index contributed by atoms with van der Waals surface area (Å²) in [6, 6.07) is -0.0394. The summed E-state index contributed by atoms with van der Waals surface area (Å²) in [7, 11) is 0. The Balaban J connectivity index is 0.00000156. The van der Waals surface area contributed by atoms with E-state index in [0.717, 1.165) is 51.9 Å². The minimum atomic E-state index is -0.0394. The summed E-state index contributed by atoms with van der Waals surface area (Å²) in [5, 5.41) is 6.16. The van der Waals surface area contributed by atoms with Crippen LogP contribution in [0.4, 0.5) is 0 Å². The molecule has 0 aromatic carbocycles. The van der Waals surface area contributed by atoms with Gasteiger partial charge in [0.25, 0.3) is 0 Å². The molecule has 25 heavy (non-hydrogen) atoms. The standard InChI is InChI=1S/C16H28N4O3.2ClH/c21-15(11-17-10-13-1-2-13)18-14-9-16(22)20(12-14)4-3-19-5-7-23-8-6-19;;/h13-14,17H,1-12H2,(H,18,21);2*1H. The molecular weight excluding hydrogens is 367 g/mol. The van der Waals surface area contributed by atoms with Gasteiger partial charge in [-0.1, -0.05) is 0 Å². The SMILES string of the molecule is Cl.Cl.O=C(CNCC1CC1)NC1CC(=O)N(CCN2CCOCC2)C1. The topological polar surface area (TPSA) is 73.9 Å². The molecule has 0 bridgehead atoms. The maximum absolute atomic E-state index is 12.1. The highest BCUT2D eigenvalue weighted by Crippen LogP contribution is 2.27. The fraction of sp³-hybridized carbons (Fsp3) is 0.875. The van der Waals surface area contributed by atoms with E-state index in [0.29, 0.717) is 19.5 Å². The maximum atomic E-state index is 12.1. The average molecular weight is 397 g/mol. The molecule has 0 spiro atoms. The molecule has 2 amide bonds. The highest BCUT2D eigenvalue weighted by atomic mass is 35.5. The molecule has 3 aliphatic rings. The van der Waals surface area contributed by atoms with Crippen LogP contribution in [0.5, 0.6) is 0 Å². The van der Waals surface area contributed by atoms with Crippen molar-refractivity contribution in [3.05, 3.63) is 0 Å². The summed E-state index contributed by atoms with van der Waals surface area (Å²) in [6.45, 7) is 6.99. The van der Waals surface area contributed by atoms with Crippen molar-refractivity contribution < 1.29 is 14.3 Å². The third-order valence-corrected chi connectivity index (χ3v) is 4.78. The van der Waals surface area contributed by atoms with E-state index in [2.05, 4.69) is 15.5 Å². The Bertz CT molecular complexity index is 432. The van der Waals surface area contributed by atoms with E-state index >= 15 is 0 Å². The minimum Gasteiger partial charge on any atom is -0.379 e. The third kappa shape index (κ3) is 7.66. The van der Waals surface area contributed by atoms with E-state index < -0.39 is 0 Å². The van der Waals surface area contributed by atoms with E-state index in [1.165, 1.54) is 12.8 Å². The number of rotatable bonds is 8. The van der Waals surface area contributed by atoms with Crippen LogP contribution in [-0.4, -0.2) is 86.7 Å². The Labute approximate surface area is 162 Å². The van der Waals surface area contributed by atoms with Crippen molar-refractivity contribution >= 4 is 36.6 Å². The Morgan fingerprint density at radius 1 is 1.16 bits per heavy atom. The molecule has 146 valence electrons. The van der Waals surface area contributed by atoms with Gasteiger partial charge in [-0.15, -0.1) is 24.8 Å². The predicted octanol–water partition coefficient (Wildman–Crippen LogP) is -0.121. The Kier molecular flexibility index (Phi) is 10.0. The number of halogens is 2. The molecule has 3 fully saturated rings. The van der Waals surface area contributed by atoms with Gasteiger partial charge in [-0.2, -0.15) is 0 Å². The summed E-state index contributed by atoms with van der Waals surface area (Å²) >= 11 is 0. The Morgan fingerprint density at radius 2 is 1.88 bits per heavy atom. The third-order valence-electron chi connectivity index (χ3n) is 4.78. The first-order valence-electron chi connectivity index (χ1n) is 8.78. The molecule has 0 radical (unpaired) electrons.